The van der Waals surface area contributed by atoms with Crippen molar-refractivity contribution in [3.05, 3.63) is 58.0 Å². The van der Waals surface area contributed by atoms with Crippen LogP contribution in [0.5, 0.6) is 0 Å². The molecule has 1 heterocycles. The molecule has 0 spiro atoms. The fourth-order valence-electron chi connectivity index (χ4n) is 3.21. The van der Waals surface area contributed by atoms with Gasteiger partial charge in [0.15, 0.2) is 0 Å². The monoisotopic (exact) mass is 383 g/mol. The Hall–Kier alpha value is -2.40. The topological polar surface area (TPSA) is 55.4 Å². The number of benzene rings is 1. The SMILES string of the molecule is CCCOC(=O)c1c(NC(=O)/C=C/c2ccccc2)sc2c1CC[C@@H](C)C2. The van der Waals surface area contributed by atoms with E-state index in [9.17, 15) is 9.59 Å². The van der Waals surface area contributed by atoms with Crippen LogP contribution in [0.4, 0.5) is 5.00 Å². The highest BCUT2D eigenvalue weighted by Crippen LogP contribution is 2.40. The summed E-state index contributed by atoms with van der Waals surface area (Å²) < 4.78 is 5.38. The predicted molar refractivity (Wildman–Crippen MR) is 110 cm³/mol. The summed E-state index contributed by atoms with van der Waals surface area (Å²) in [7, 11) is 0. The number of nitrogens with one attached hydrogen (secondary N) is 1. The van der Waals surface area contributed by atoms with Gasteiger partial charge in [0.25, 0.3) is 0 Å². The summed E-state index contributed by atoms with van der Waals surface area (Å²) in [6.45, 7) is 4.58. The molecule has 1 aliphatic rings. The first-order chi connectivity index (χ1) is 13.1. The van der Waals surface area contributed by atoms with E-state index >= 15 is 0 Å². The lowest BCUT2D eigenvalue weighted by Gasteiger charge is -2.18. The molecule has 5 heteroatoms. The van der Waals surface area contributed by atoms with Gasteiger partial charge in [0.05, 0.1) is 12.2 Å². The van der Waals surface area contributed by atoms with Crippen molar-refractivity contribution in [2.24, 2.45) is 5.92 Å². The van der Waals surface area contributed by atoms with E-state index in [4.69, 9.17) is 4.74 Å². The lowest BCUT2D eigenvalue weighted by Crippen LogP contribution is -2.16. The maximum Gasteiger partial charge on any atom is 0.341 e. The third-order valence-corrected chi connectivity index (χ3v) is 5.79. The van der Waals surface area contributed by atoms with Gasteiger partial charge in [-0.2, -0.15) is 0 Å². The van der Waals surface area contributed by atoms with Crippen molar-refractivity contribution in [1.29, 1.82) is 0 Å². The Kier molecular flexibility index (Phi) is 6.45. The lowest BCUT2D eigenvalue weighted by molar-refractivity contribution is -0.111. The molecule has 1 amide bonds. The van der Waals surface area contributed by atoms with Gasteiger partial charge < -0.3 is 10.1 Å². The van der Waals surface area contributed by atoms with Gasteiger partial charge in [-0.1, -0.05) is 44.2 Å². The number of thiophene rings is 1. The standard InChI is InChI=1S/C22H25NO3S/c1-3-13-26-22(25)20-17-11-9-15(2)14-18(17)27-21(20)23-19(24)12-10-16-7-5-4-6-8-16/h4-8,10,12,15H,3,9,11,13-14H2,1-2H3,(H,23,24)/b12-10+/t15-/m1/s1. The number of anilines is 1. The van der Waals surface area contributed by atoms with Crippen LogP contribution in [0, 0.1) is 5.92 Å². The molecule has 0 aliphatic heterocycles. The second-order valence-corrected chi connectivity index (χ2v) is 8.03. The molecule has 0 unspecified atom stereocenters. The normalized spacial score (nSPS) is 16.1. The smallest absolute Gasteiger partial charge is 0.341 e. The fourth-order valence-corrected chi connectivity index (χ4v) is 4.61. The van der Waals surface area contributed by atoms with E-state index < -0.39 is 0 Å². The second-order valence-electron chi connectivity index (χ2n) is 6.93. The number of fused-ring (bicyclic) bond motifs is 1. The minimum Gasteiger partial charge on any atom is -0.462 e. The summed E-state index contributed by atoms with van der Waals surface area (Å²) in [6.07, 6.45) is 6.90. The molecule has 0 fully saturated rings. The Morgan fingerprint density at radius 3 is 2.81 bits per heavy atom. The van der Waals surface area contributed by atoms with Gasteiger partial charge in [-0.25, -0.2) is 4.79 Å². The van der Waals surface area contributed by atoms with Crippen molar-refractivity contribution in [2.45, 2.75) is 39.5 Å². The zero-order valence-electron chi connectivity index (χ0n) is 15.8. The van der Waals surface area contributed by atoms with Gasteiger partial charge in [-0.15, -0.1) is 11.3 Å². The third kappa shape index (κ3) is 4.86. The van der Waals surface area contributed by atoms with E-state index in [1.54, 1.807) is 6.08 Å². The molecule has 1 N–H and O–H groups in total. The van der Waals surface area contributed by atoms with Crippen LogP contribution in [0.3, 0.4) is 0 Å². The molecule has 27 heavy (non-hydrogen) atoms. The van der Waals surface area contributed by atoms with Gasteiger partial charge in [0.1, 0.15) is 5.00 Å². The molecule has 1 aromatic heterocycles. The van der Waals surface area contributed by atoms with Crippen molar-refractivity contribution in [1.82, 2.24) is 0 Å². The van der Waals surface area contributed by atoms with Crippen LogP contribution in [0.25, 0.3) is 6.08 Å². The lowest BCUT2D eigenvalue weighted by atomic mass is 9.88. The number of ether oxygens (including phenoxy) is 1. The Balaban J connectivity index is 1.82. The Bertz CT molecular complexity index is 839. The molecular formula is C22H25NO3S. The van der Waals surface area contributed by atoms with Crippen molar-refractivity contribution in [3.8, 4) is 0 Å². The molecule has 1 aliphatic carbocycles. The first-order valence-corrected chi connectivity index (χ1v) is 10.3. The summed E-state index contributed by atoms with van der Waals surface area (Å²) in [5.74, 6) is 0.0264. The van der Waals surface area contributed by atoms with Gasteiger partial charge in [-0.05, 0) is 48.8 Å². The maximum absolute atomic E-state index is 12.6. The summed E-state index contributed by atoms with van der Waals surface area (Å²) in [5, 5.41) is 3.51. The van der Waals surface area contributed by atoms with Gasteiger partial charge >= 0.3 is 5.97 Å². The molecule has 4 nitrogen and oxygen atoms in total. The predicted octanol–water partition coefficient (Wildman–Crippen LogP) is 5.09. The molecule has 142 valence electrons. The molecule has 2 aromatic rings. The number of amides is 1. The van der Waals surface area contributed by atoms with Crippen LogP contribution in [-0.2, 0) is 22.4 Å². The minimum absolute atomic E-state index is 0.241. The van der Waals surface area contributed by atoms with E-state index in [-0.39, 0.29) is 11.9 Å². The maximum atomic E-state index is 12.6. The minimum atomic E-state index is -0.328. The molecule has 0 bridgehead atoms. The average molecular weight is 384 g/mol. The number of carbonyl (C=O) groups is 2. The summed E-state index contributed by atoms with van der Waals surface area (Å²) in [4.78, 5) is 26.2. The van der Waals surface area contributed by atoms with E-state index in [0.717, 1.165) is 36.8 Å². The molecule has 0 radical (unpaired) electrons. The summed E-state index contributed by atoms with van der Waals surface area (Å²) in [5.41, 5.74) is 2.56. The van der Waals surface area contributed by atoms with Gasteiger partial charge in [0.2, 0.25) is 5.91 Å². The van der Waals surface area contributed by atoms with Crippen molar-refractivity contribution < 1.29 is 14.3 Å². The van der Waals surface area contributed by atoms with Crippen molar-refractivity contribution in [3.63, 3.8) is 0 Å². The van der Waals surface area contributed by atoms with Crippen LogP contribution in [0.1, 0.15) is 53.1 Å². The third-order valence-electron chi connectivity index (χ3n) is 4.62. The quantitative estimate of drug-likeness (QED) is 0.558. The van der Waals surface area contributed by atoms with E-state index in [0.29, 0.717) is 23.1 Å². The van der Waals surface area contributed by atoms with Crippen LogP contribution in [-0.4, -0.2) is 18.5 Å². The largest absolute Gasteiger partial charge is 0.462 e. The van der Waals surface area contributed by atoms with E-state index in [2.05, 4.69) is 12.2 Å². The zero-order chi connectivity index (χ0) is 19.2. The fraction of sp³-hybridized carbons (Fsp3) is 0.364. The number of rotatable bonds is 6. The Labute approximate surface area is 164 Å². The highest BCUT2D eigenvalue weighted by Gasteiger charge is 2.28. The first kappa shape index (κ1) is 19.4. The first-order valence-electron chi connectivity index (χ1n) is 9.44. The number of esters is 1. The number of hydrogen-bond donors (Lipinski definition) is 1. The zero-order valence-corrected chi connectivity index (χ0v) is 16.6. The second kappa shape index (κ2) is 9.00. The molecule has 0 saturated carbocycles. The van der Waals surface area contributed by atoms with Crippen LogP contribution in [0.2, 0.25) is 0 Å². The van der Waals surface area contributed by atoms with Gasteiger partial charge in [0, 0.05) is 11.0 Å². The highest BCUT2D eigenvalue weighted by atomic mass is 32.1. The van der Waals surface area contributed by atoms with E-state index in [1.807, 2.05) is 37.3 Å². The van der Waals surface area contributed by atoms with Crippen LogP contribution >= 0.6 is 11.3 Å². The average Bonchev–Trinajstić information content (AvgIpc) is 3.02. The molecule has 0 saturated heterocycles. The molecule has 3 rings (SSSR count). The Morgan fingerprint density at radius 2 is 2.07 bits per heavy atom. The Morgan fingerprint density at radius 1 is 1.30 bits per heavy atom. The van der Waals surface area contributed by atoms with Crippen molar-refractivity contribution >= 4 is 34.3 Å². The van der Waals surface area contributed by atoms with Crippen LogP contribution < -0.4 is 5.32 Å². The van der Waals surface area contributed by atoms with Crippen molar-refractivity contribution in [2.75, 3.05) is 11.9 Å². The summed E-state index contributed by atoms with van der Waals surface area (Å²) in [6, 6.07) is 9.65. The number of carbonyl (C=O) groups excluding carboxylic acids is 2. The van der Waals surface area contributed by atoms with Crippen LogP contribution in [0.15, 0.2) is 36.4 Å². The molecule has 1 aromatic carbocycles. The van der Waals surface area contributed by atoms with Gasteiger partial charge in [-0.3, -0.25) is 4.79 Å². The number of hydrogen-bond acceptors (Lipinski definition) is 4. The van der Waals surface area contributed by atoms with E-state index in [1.165, 1.54) is 22.3 Å². The summed E-state index contributed by atoms with van der Waals surface area (Å²) >= 11 is 1.51. The molecular weight excluding hydrogens is 358 g/mol. The molecule has 1 atom stereocenters. The highest BCUT2D eigenvalue weighted by molar-refractivity contribution is 7.17.